The number of benzene rings is 2. The van der Waals surface area contributed by atoms with E-state index in [0.29, 0.717) is 24.2 Å². The molecular formula is C20H20N10O3S. The number of piperidine rings is 1. The van der Waals surface area contributed by atoms with Crippen LogP contribution < -0.4 is 5.32 Å². The standard InChI is InChI=1S/C20H20N10O3S/c31-20(23-16-1-3-17(4-2-16)29-13-21-24-26-29)15-9-11-28(12-10-15)34(32,33)19-7-5-18(6-8-19)30-14-22-25-27-30/h1-8,13-15H,9-12H2,(H,23,31). The van der Waals surface area contributed by atoms with E-state index in [1.54, 1.807) is 36.4 Å². The van der Waals surface area contributed by atoms with Gasteiger partial charge in [-0.3, -0.25) is 4.79 Å². The fraction of sp³-hybridized carbons (Fsp3) is 0.250. The van der Waals surface area contributed by atoms with Crippen molar-refractivity contribution in [2.45, 2.75) is 17.7 Å². The van der Waals surface area contributed by atoms with Gasteiger partial charge in [-0.15, -0.1) is 10.2 Å². The van der Waals surface area contributed by atoms with Crippen molar-refractivity contribution in [3.8, 4) is 11.4 Å². The van der Waals surface area contributed by atoms with Crippen LogP contribution in [0.2, 0.25) is 0 Å². The van der Waals surface area contributed by atoms with E-state index >= 15 is 0 Å². The second-order valence-electron chi connectivity index (χ2n) is 7.72. The first-order valence-electron chi connectivity index (χ1n) is 10.5. The number of tetrazole rings is 2. The lowest BCUT2D eigenvalue weighted by Crippen LogP contribution is -2.41. The zero-order valence-electron chi connectivity index (χ0n) is 17.8. The molecule has 5 rings (SSSR count). The number of sulfonamides is 1. The number of nitrogens with zero attached hydrogens (tertiary/aromatic N) is 9. The monoisotopic (exact) mass is 480 g/mol. The molecule has 0 saturated carbocycles. The van der Waals surface area contributed by atoms with Crippen molar-refractivity contribution in [2.75, 3.05) is 18.4 Å². The third-order valence-electron chi connectivity index (χ3n) is 5.66. The molecule has 34 heavy (non-hydrogen) atoms. The maximum absolute atomic E-state index is 13.0. The van der Waals surface area contributed by atoms with Crippen LogP contribution >= 0.6 is 0 Å². The summed E-state index contributed by atoms with van der Waals surface area (Å²) < 4.78 is 30.5. The summed E-state index contributed by atoms with van der Waals surface area (Å²) in [5.74, 6) is -0.397. The lowest BCUT2D eigenvalue weighted by atomic mass is 9.97. The van der Waals surface area contributed by atoms with Crippen LogP contribution in [0.1, 0.15) is 12.8 Å². The number of hydrogen-bond donors (Lipinski definition) is 1. The quantitative estimate of drug-likeness (QED) is 0.419. The molecule has 1 saturated heterocycles. The zero-order chi connectivity index (χ0) is 23.5. The Morgan fingerprint density at radius 2 is 1.35 bits per heavy atom. The van der Waals surface area contributed by atoms with Gasteiger partial charge in [-0.1, -0.05) is 0 Å². The summed E-state index contributed by atoms with van der Waals surface area (Å²) in [6, 6.07) is 13.5. The fourth-order valence-corrected chi connectivity index (χ4v) is 5.25. The van der Waals surface area contributed by atoms with Gasteiger partial charge >= 0.3 is 0 Å². The Hall–Kier alpha value is -4.04. The molecule has 4 aromatic rings. The number of amides is 1. The van der Waals surface area contributed by atoms with Crippen LogP contribution in [0.3, 0.4) is 0 Å². The second-order valence-corrected chi connectivity index (χ2v) is 9.66. The van der Waals surface area contributed by atoms with Crippen LogP contribution in [0.4, 0.5) is 5.69 Å². The summed E-state index contributed by atoms with van der Waals surface area (Å²) in [6.07, 6.45) is 3.80. The molecule has 0 unspecified atom stereocenters. The minimum absolute atomic E-state index is 0.127. The van der Waals surface area contributed by atoms with Crippen molar-refractivity contribution in [3.63, 3.8) is 0 Å². The van der Waals surface area contributed by atoms with Gasteiger partial charge in [0.05, 0.1) is 16.3 Å². The summed E-state index contributed by atoms with van der Waals surface area (Å²) in [6.45, 7) is 0.542. The average Bonchev–Trinajstić information content (AvgIpc) is 3.60. The Morgan fingerprint density at radius 3 is 1.85 bits per heavy atom. The summed E-state index contributed by atoms with van der Waals surface area (Å²) >= 11 is 0. The first-order chi connectivity index (χ1) is 16.5. The molecule has 0 radical (unpaired) electrons. The highest BCUT2D eigenvalue weighted by Gasteiger charge is 2.32. The summed E-state index contributed by atoms with van der Waals surface area (Å²) in [5.41, 5.74) is 2.08. The topological polar surface area (TPSA) is 154 Å². The van der Waals surface area contributed by atoms with Gasteiger partial charge in [-0.05, 0) is 82.2 Å². The first-order valence-corrected chi connectivity index (χ1v) is 11.9. The summed E-state index contributed by atoms with van der Waals surface area (Å²) in [5, 5.41) is 24.8. The fourth-order valence-electron chi connectivity index (χ4n) is 3.78. The van der Waals surface area contributed by atoms with E-state index in [0.717, 1.165) is 5.69 Å². The second kappa shape index (κ2) is 9.07. The van der Waals surface area contributed by atoms with Gasteiger partial charge < -0.3 is 5.32 Å². The van der Waals surface area contributed by atoms with Crippen LogP contribution in [0, 0.1) is 5.92 Å². The Balaban J connectivity index is 1.18. The van der Waals surface area contributed by atoms with Gasteiger partial charge in [0, 0.05) is 24.7 Å². The number of aromatic nitrogens is 8. The molecule has 3 heterocycles. The highest BCUT2D eigenvalue weighted by molar-refractivity contribution is 7.89. The maximum Gasteiger partial charge on any atom is 0.243 e. The van der Waals surface area contributed by atoms with Gasteiger partial charge in [0.15, 0.2) is 0 Å². The van der Waals surface area contributed by atoms with Crippen molar-refractivity contribution < 1.29 is 13.2 Å². The Kier molecular flexibility index (Phi) is 5.81. The highest BCUT2D eigenvalue weighted by atomic mass is 32.2. The molecule has 1 N–H and O–H groups in total. The molecule has 0 spiro atoms. The smallest absolute Gasteiger partial charge is 0.243 e. The highest BCUT2D eigenvalue weighted by Crippen LogP contribution is 2.25. The Morgan fingerprint density at radius 1 is 0.824 bits per heavy atom. The molecule has 2 aromatic carbocycles. The molecule has 0 bridgehead atoms. The molecule has 14 heteroatoms. The van der Waals surface area contributed by atoms with Gasteiger partial charge in [-0.25, -0.2) is 17.8 Å². The van der Waals surface area contributed by atoms with Crippen LogP contribution in [0.15, 0.2) is 66.1 Å². The number of carbonyl (C=O) groups is 1. The largest absolute Gasteiger partial charge is 0.326 e. The molecule has 0 aliphatic carbocycles. The Labute approximate surface area is 194 Å². The number of nitrogens with one attached hydrogen (secondary N) is 1. The third kappa shape index (κ3) is 4.40. The predicted octanol–water partition coefficient (Wildman–Crippen LogP) is 0.677. The van der Waals surface area contributed by atoms with E-state index in [2.05, 4.69) is 36.4 Å². The van der Waals surface area contributed by atoms with E-state index in [4.69, 9.17) is 0 Å². The third-order valence-corrected chi connectivity index (χ3v) is 7.57. The van der Waals surface area contributed by atoms with Crippen LogP contribution in [0.25, 0.3) is 11.4 Å². The predicted molar refractivity (Wildman–Crippen MR) is 118 cm³/mol. The molecule has 1 aliphatic rings. The first kappa shape index (κ1) is 21.8. The van der Waals surface area contributed by atoms with E-state index in [9.17, 15) is 13.2 Å². The molecule has 174 valence electrons. The van der Waals surface area contributed by atoms with Gasteiger partial charge in [0.2, 0.25) is 15.9 Å². The molecule has 1 amide bonds. The van der Waals surface area contributed by atoms with Crippen molar-refractivity contribution in [2.24, 2.45) is 5.92 Å². The van der Waals surface area contributed by atoms with E-state index < -0.39 is 10.0 Å². The number of hydrogen-bond acceptors (Lipinski definition) is 9. The lowest BCUT2D eigenvalue weighted by molar-refractivity contribution is -0.120. The number of carbonyl (C=O) groups excluding carboxylic acids is 1. The molecule has 1 aliphatic heterocycles. The van der Waals surface area contributed by atoms with E-state index in [1.165, 1.54) is 38.5 Å². The van der Waals surface area contributed by atoms with Crippen LogP contribution in [-0.2, 0) is 14.8 Å². The van der Waals surface area contributed by atoms with Crippen molar-refractivity contribution in [1.82, 2.24) is 44.7 Å². The molecular weight excluding hydrogens is 460 g/mol. The zero-order valence-corrected chi connectivity index (χ0v) is 18.7. The number of anilines is 1. The van der Waals surface area contributed by atoms with Gasteiger partial charge in [0.25, 0.3) is 0 Å². The van der Waals surface area contributed by atoms with Crippen LogP contribution in [0.5, 0.6) is 0 Å². The van der Waals surface area contributed by atoms with Crippen molar-refractivity contribution in [3.05, 3.63) is 61.2 Å². The minimum atomic E-state index is -3.66. The van der Waals surface area contributed by atoms with Crippen molar-refractivity contribution in [1.29, 1.82) is 0 Å². The van der Waals surface area contributed by atoms with E-state index in [-0.39, 0.29) is 29.8 Å². The van der Waals surface area contributed by atoms with E-state index in [1.807, 2.05) is 0 Å². The molecule has 0 atom stereocenters. The van der Waals surface area contributed by atoms with Gasteiger partial charge in [0.1, 0.15) is 12.7 Å². The normalized spacial score (nSPS) is 15.3. The molecule has 2 aromatic heterocycles. The average molecular weight is 481 g/mol. The molecule has 13 nitrogen and oxygen atoms in total. The summed E-state index contributed by atoms with van der Waals surface area (Å²) in [4.78, 5) is 12.9. The van der Waals surface area contributed by atoms with Crippen molar-refractivity contribution >= 4 is 21.6 Å². The lowest BCUT2D eigenvalue weighted by Gasteiger charge is -2.30. The SMILES string of the molecule is O=C(Nc1ccc(-n2cnnn2)cc1)C1CCN(S(=O)(=O)c2ccc(-n3cnnn3)cc2)CC1. The Bertz CT molecular complexity index is 1350. The summed E-state index contributed by atoms with van der Waals surface area (Å²) in [7, 11) is -3.66. The van der Waals surface area contributed by atoms with Gasteiger partial charge in [-0.2, -0.15) is 4.31 Å². The number of rotatable bonds is 6. The van der Waals surface area contributed by atoms with Crippen LogP contribution in [-0.4, -0.2) is 72.1 Å². The molecule has 1 fully saturated rings. The maximum atomic E-state index is 13.0. The minimum Gasteiger partial charge on any atom is -0.326 e.